The third kappa shape index (κ3) is 2.38. The fourth-order valence-corrected chi connectivity index (χ4v) is 2.61. The fourth-order valence-electron chi connectivity index (χ4n) is 2.61. The number of nitrogens with zero attached hydrogens (tertiary/aromatic N) is 2. The molecule has 0 bridgehead atoms. The minimum Gasteiger partial charge on any atom is -0.331 e. The van der Waals surface area contributed by atoms with Crippen LogP contribution < -0.4 is 5.73 Å². The van der Waals surface area contributed by atoms with Crippen molar-refractivity contribution < 1.29 is 4.79 Å². The number of carbonyl (C=O) groups is 1. The lowest BCUT2D eigenvalue weighted by molar-refractivity contribution is -0.140. The van der Waals surface area contributed by atoms with E-state index in [1.54, 1.807) is 6.20 Å². The SMILES string of the molecule is CCC(C)N1C(=O)CCC(N)C1c1cccnc1. The largest absolute Gasteiger partial charge is 0.331 e. The predicted octanol–water partition coefficient (Wildman–Crippen LogP) is 1.87. The Kier molecular flexibility index (Phi) is 3.97. The predicted molar refractivity (Wildman–Crippen MR) is 70.8 cm³/mol. The molecule has 2 heterocycles. The van der Waals surface area contributed by atoms with Crippen LogP contribution in [0.3, 0.4) is 0 Å². The number of rotatable bonds is 3. The Balaban J connectivity index is 2.35. The summed E-state index contributed by atoms with van der Waals surface area (Å²) >= 11 is 0. The van der Waals surface area contributed by atoms with Crippen molar-refractivity contribution in [3.63, 3.8) is 0 Å². The summed E-state index contributed by atoms with van der Waals surface area (Å²) < 4.78 is 0. The van der Waals surface area contributed by atoms with Crippen molar-refractivity contribution >= 4 is 5.91 Å². The van der Waals surface area contributed by atoms with Gasteiger partial charge in [0, 0.05) is 30.9 Å². The van der Waals surface area contributed by atoms with Crippen molar-refractivity contribution in [2.24, 2.45) is 5.73 Å². The quantitative estimate of drug-likeness (QED) is 0.887. The van der Waals surface area contributed by atoms with Crippen LogP contribution in [0.25, 0.3) is 0 Å². The van der Waals surface area contributed by atoms with Crippen molar-refractivity contribution in [2.45, 2.75) is 51.2 Å². The van der Waals surface area contributed by atoms with Crippen molar-refractivity contribution in [2.75, 3.05) is 0 Å². The van der Waals surface area contributed by atoms with E-state index >= 15 is 0 Å². The van der Waals surface area contributed by atoms with Gasteiger partial charge in [-0.3, -0.25) is 9.78 Å². The Hall–Kier alpha value is -1.42. The number of amides is 1. The first-order chi connectivity index (χ1) is 8.65. The average Bonchev–Trinajstić information content (AvgIpc) is 2.41. The average molecular weight is 247 g/mol. The van der Waals surface area contributed by atoms with E-state index in [2.05, 4.69) is 18.8 Å². The molecule has 0 radical (unpaired) electrons. The molecule has 3 atom stereocenters. The standard InChI is InChI=1S/C14H21N3O/c1-3-10(2)17-13(18)7-6-12(15)14(17)11-5-4-8-16-9-11/h4-5,8-10,12,14H,3,6-7,15H2,1-2H3. The van der Waals surface area contributed by atoms with E-state index in [1.807, 2.05) is 23.2 Å². The first kappa shape index (κ1) is 13.0. The molecular weight excluding hydrogens is 226 g/mol. The Morgan fingerprint density at radius 1 is 1.61 bits per heavy atom. The third-order valence-corrected chi connectivity index (χ3v) is 3.78. The lowest BCUT2D eigenvalue weighted by Crippen LogP contribution is -2.52. The van der Waals surface area contributed by atoms with Gasteiger partial charge >= 0.3 is 0 Å². The first-order valence-corrected chi connectivity index (χ1v) is 6.61. The number of nitrogens with two attached hydrogens (primary N) is 1. The van der Waals surface area contributed by atoms with E-state index in [0.29, 0.717) is 6.42 Å². The lowest BCUT2D eigenvalue weighted by atomic mass is 9.90. The fraction of sp³-hybridized carbons (Fsp3) is 0.571. The maximum Gasteiger partial charge on any atom is 0.223 e. The lowest BCUT2D eigenvalue weighted by Gasteiger charge is -2.43. The molecule has 2 rings (SSSR count). The van der Waals surface area contributed by atoms with Gasteiger partial charge in [0.15, 0.2) is 0 Å². The zero-order valence-corrected chi connectivity index (χ0v) is 11.0. The van der Waals surface area contributed by atoms with E-state index in [0.717, 1.165) is 18.4 Å². The summed E-state index contributed by atoms with van der Waals surface area (Å²) in [5.74, 6) is 0.208. The normalized spacial score (nSPS) is 26.2. The van der Waals surface area contributed by atoms with Crippen LogP contribution in [0.4, 0.5) is 0 Å². The maximum absolute atomic E-state index is 12.2. The smallest absolute Gasteiger partial charge is 0.223 e. The molecule has 1 amide bonds. The highest BCUT2D eigenvalue weighted by molar-refractivity contribution is 5.78. The number of hydrogen-bond acceptors (Lipinski definition) is 3. The second kappa shape index (κ2) is 5.48. The van der Waals surface area contributed by atoms with Crippen molar-refractivity contribution in [3.8, 4) is 0 Å². The van der Waals surface area contributed by atoms with Crippen LogP contribution in [-0.2, 0) is 4.79 Å². The summed E-state index contributed by atoms with van der Waals surface area (Å²) in [5, 5.41) is 0. The molecule has 18 heavy (non-hydrogen) atoms. The molecular formula is C14H21N3O. The van der Waals surface area contributed by atoms with Gasteiger partial charge in [-0.2, -0.15) is 0 Å². The number of hydrogen-bond donors (Lipinski definition) is 1. The zero-order chi connectivity index (χ0) is 13.1. The zero-order valence-electron chi connectivity index (χ0n) is 11.0. The molecule has 1 aliphatic rings. The Bertz CT molecular complexity index is 407. The van der Waals surface area contributed by atoms with Gasteiger partial charge in [0.25, 0.3) is 0 Å². The second-order valence-corrected chi connectivity index (χ2v) is 4.99. The minimum absolute atomic E-state index is 0.000833. The van der Waals surface area contributed by atoms with Gasteiger partial charge in [0.1, 0.15) is 0 Å². The molecule has 0 aromatic carbocycles. The van der Waals surface area contributed by atoms with E-state index in [1.165, 1.54) is 0 Å². The first-order valence-electron chi connectivity index (χ1n) is 6.61. The highest BCUT2D eigenvalue weighted by atomic mass is 16.2. The topological polar surface area (TPSA) is 59.2 Å². The van der Waals surface area contributed by atoms with Crippen LogP contribution in [0.15, 0.2) is 24.5 Å². The monoisotopic (exact) mass is 247 g/mol. The summed E-state index contributed by atoms with van der Waals surface area (Å²) in [4.78, 5) is 18.3. The highest BCUT2D eigenvalue weighted by Gasteiger charge is 2.36. The molecule has 2 N–H and O–H groups in total. The molecule has 98 valence electrons. The molecule has 3 unspecified atom stereocenters. The molecule has 1 aromatic heterocycles. The van der Waals surface area contributed by atoms with E-state index < -0.39 is 0 Å². The maximum atomic E-state index is 12.2. The number of carbonyl (C=O) groups excluding carboxylic acids is 1. The van der Waals surface area contributed by atoms with Gasteiger partial charge in [-0.05, 0) is 31.4 Å². The summed E-state index contributed by atoms with van der Waals surface area (Å²) in [6.07, 6.45) is 5.81. The van der Waals surface area contributed by atoms with Gasteiger partial charge < -0.3 is 10.6 Å². The van der Waals surface area contributed by atoms with Gasteiger partial charge in [-0.25, -0.2) is 0 Å². The summed E-state index contributed by atoms with van der Waals surface area (Å²) in [6.45, 7) is 4.18. The van der Waals surface area contributed by atoms with Gasteiger partial charge in [-0.1, -0.05) is 13.0 Å². The van der Waals surface area contributed by atoms with Crippen LogP contribution in [0.2, 0.25) is 0 Å². The van der Waals surface area contributed by atoms with Gasteiger partial charge in [-0.15, -0.1) is 0 Å². The van der Waals surface area contributed by atoms with Crippen molar-refractivity contribution in [1.82, 2.24) is 9.88 Å². The number of pyridine rings is 1. The van der Waals surface area contributed by atoms with Crippen LogP contribution in [0.5, 0.6) is 0 Å². The van der Waals surface area contributed by atoms with E-state index in [4.69, 9.17) is 5.73 Å². The Morgan fingerprint density at radius 3 is 3.00 bits per heavy atom. The Labute approximate surface area is 108 Å². The molecule has 4 nitrogen and oxygen atoms in total. The van der Waals surface area contributed by atoms with Crippen LogP contribution in [-0.4, -0.2) is 27.9 Å². The van der Waals surface area contributed by atoms with E-state index in [9.17, 15) is 4.79 Å². The summed E-state index contributed by atoms with van der Waals surface area (Å²) in [7, 11) is 0. The number of piperidine rings is 1. The number of aromatic nitrogens is 1. The molecule has 1 saturated heterocycles. The molecule has 1 aromatic rings. The molecule has 0 spiro atoms. The van der Waals surface area contributed by atoms with Crippen molar-refractivity contribution in [3.05, 3.63) is 30.1 Å². The summed E-state index contributed by atoms with van der Waals surface area (Å²) in [5.41, 5.74) is 7.27. The highest BCUT2D eigenvalue weighted by Crippen LogP contribution is 2.32. The van der Waals surface area contributed by atoms with Crippen LogP contribution in [0.1, 0.15) is 44.7 Å². The van der Waals surface area contributed by atoms with E-state index in [-0.39, 0.29) is 24.0 Å². The van der Waals surface area contributed by atoms with Gasteiger partial charge in [0.05, 0.1) is 6.04 Å². The van der Waals surface area contributed by atoms with Gasteiger partial charge in [0.2, 0.25) is 5.91 Å². The number of likely N-dealkylation sites (tertiary alicyclic amines) is 1. The molecule has 1 fully saturated rings. The van der Waals surface area contributed by atoms with Crippen molar-refractivity contribution in [1.29, 1.82) is 0 Å². The van der Waals surface area contributed by atoms with Crippen LogP contribution >= 0.6 is 0 Å². The summed E-state index contributed by atoms with van der Waals surface area (Å²) in [6, 6.07) is 4.09. The molecule has 1 aliphatic heterocycles. The van der Waals surface area contributed by atoms with Crippen LogP contribution in [0, 0.1) is 0 Å². The third-order valence-electron chi connectivity index (χ3n) is 3.78. The minimum atomic E-state index is -0.0325. The Morgan fingerprint density at radius 2 is 2.39 bits per heavy atom. The second-order valence-electron chi connectivity index (χ2n) is 4.99. The molecule has 4 heteroatoms. The molecule has 0 saturated carbocycles. The molecule has 0 aliphatic carbocycles.